The Morgan fingerprint density at radius 2 is 1.77 bits per heavy atom. The molecule has 4 rings (SSSR count). The maximum absolute atomic E-state index is 12.5. The Bertz CT molecular complexity index is 1040. The molecule has 0 aliphatic carbocycles. The standard InChI is InChI=1S/C21H22ClN5O3/c1-15-2-7-19(30-15)20(28)25-8-10-26(11-9-25)21(29)23-12-16-13-24-27(14-16)18-5-3-17(22)4-6-18/h2-7,13-14H,8-12H2,1H3,(H,23,29). The summed E-state index contributed by atoms with van der Waals surface area (Å²) >= 11 is 5.91. The Balaban J connectivity index is 1.26. The lowest BCUT2D eigenvalue weighted by atomic mass is 10.3. The second kappa shape index (κ2) is 8.62. The summed E-state index contributed by atoms with van der Waals surface area (Å²) in [5.41, 5.74) is 1.78. The number of piperazine rings is 1. The molecule has 2 aromatic heterocycles. The van der Waals surface area contributed by atoms with E-state index in [2.05, 4.69) is 10.4 Å². The minimum atomic E-state index is -0.157. The molecule has 30 heavy (non-hydrogen) atoms. The number of carbonyl (C=O) groups excluding carboxylic acids is 2. The van der Waals surface area contributed by atoms with Crippen molar-refractivity contribution in [1.29, 1.82) is 0 Å². The summed E-state index contributed by atoms with van der Waals surface area (Å²) in [5, 5.41) is 7.90. The normalized spacial score (nSPS) is 14.1. The highest BCUT2D eigenvalue weighted by molar-refractivity contribution is 6.30. The van der Waals surface area contributed by atoms with Crippen molar-refractivity contribution in [2.75, 3.05) is 26.2 Å². The van der Waals surface area contributed by atoms with Gasteiger partial charge in [0.15, 0.2) is 5.76 Å². The number of aryl methyl sites for hydroxylation is 1. The van der Waals surface area contributed by atoms with E-state index < -0.39 is 0 Å². The average molecular weight is 428 g/mol. The van der Waals surface area contributed by atoms with E-state index in [0.29, 0.717) is 49.3 Å². The maximum atomic E-state index is 12.5. The lowest BCUT2D eigenvalue weighted by Crippen LogP contribution is -2.53. The van der Waals surface area contributed by atoms with Gasteiger partial charge in [-0.15, -0.1) is 0 Å². The van der Waals surface area contributed by atoms with Gasteiger partial charge in [0, 0.05) is 49.5 Å². The zero-order chi connectivity index (χ0) is 21.1. The summed E-state index contributed by atoms with van der Waals surface area (Å²) in [4.78, 5) is 28.3. The van der Waals surface area contributed by atoms with Crippen molar-refractivity contribution in [3.05, 3.63) is 70.9 Å². The fraction of sp³-hybridized carbons (Fsp3) is 0.286. The number of urea groups is 1. The van der Waals surface area contributed by atoms with Crippen molar-refractivity contribution in [2.45, 2.75) is 13.5 Å². The van der Waals surface area contributed by atoms with Crippen LogP contribution in [0.15, 0.2) is 53.2 Å². The molecule has 0 atom stereocenters. The molecule has 0 unspecified atom stereocenters. The van der Waals surface area contributed by atoms with E-state index in [1.165, 1.54) is 0 Å². The molecule has 3 heterocycles. The van der Waals surface area contributed by atoms with Gasteiger partial charge in [-0.05, 0) is 43.3 Å². The number of halogens is 1. The molecule has 3 aromatic rings. The molecule has 3 amide bonds. The topological polar surface area (TPSA) is 83.6 Å². The number of nitrogens with one attached hydrogen (secondary N) is 1. The number of benzene rings is 1. The second-order valence-electron chi connectivity index (χ2n) is 7.12. The highest BCUT2D eigenvalue weighted by atomic mass is 35.5. The maximum Gasteiger partial charge on any atom is 0.317 e. The number of hydrogen-bond donors (Lipinski definition) is 1. The third-order valence-corrected chi connectivity index (χ3v) is 5.23. The molecule has 1 aliphatic heterocycles. The summed E-state index contributed by atoms with van der Waals surface area (Å²) in [6.45, 7) is 4.07. The van der Waals surface area contributed by atoms with Crippen LogP contribution in [0.4, 0.5) is 4.79 Å². The van der Waals surface area contributed by atoms with Crippen LogP contribution in [-0.4, -0.2) is 57.7 Å². The SMILES string of the molecule is Cc1ccc(C(=O)N2CCN(C(=O)NCc3cnn(-c4ccc(Cl)cc4)c3)CC2)o1. The van der Waals surface area contributed by atoms with Crippen LogP contribution < -0.4 is 5.32 Å². The minimum absolute atomic E-state index is 0.141. The van der Waals surface area contributed by atoms with Gasteiger partial charge in [-0.25, -0.2) is 9.48 Å². The number of aromatic nitrogens is 2. The number of hydrogen-bond acceptors (Lipinski definition) is 4. The molecule has 1 fully saturated rings. The first-order valence-corrected chi connectivity index (χ1v) is 10.1. The predicted octanol–water partition coefficient (Wildman–Crippen LogP) is 3.09. The molecule has 1 saturated heterocycles. The highest BCUT2D eigenvalue weighted by Crippen LogP contribution is 2.14. The van der Waals surface area contributed by atoms with Crippen molar-refractivity contribution in [3.63, 3.8) is 0 Å². The molecule has 9 heteroatoms. The quantitative estimate of drug-likeness (QED) is 0.693. The van der Waals surface area contributed by atoms with Crippen LogP contribution in [0.3, 0.4) is 0 Å². The fourth-order valence-electron chi connectivity index (χ4n) is 3.29. The first-order chi connectivity index (χ1) is 14.5. The van der Waals surface area contributed by atoms with Crippen LogP contribution in [0.5, 0.6) is 0 Å². The van der Waals surface area contributed by atoms with Gasteiger partial charge in [-0.2, -0.15) is 5.10 Å². The van der Waals surface area contributed by atoms with Crippen LogP contribution in [0.1, 0.15) is 21.9 Å². The van der Waals surface area contributed by atoms with Gasteiger partial charge >= 0.3 is 6.03 Å². The lowest BCUT2D eigenvalue weighted by Gasteiger charge is -2.34. The molecule has 0 radical (unpaired) electrons. The molecular weight excluding hydrogens is 406 g/mol. The number of furan rings is 1. The predicted molar refractivity (Wildman–Crippen MR) is 112 cm³/mol. The van der Waals surface area contributed by atoms with Gasteiger partial charge < -0.3 is 19.5 Å². The molecule has 8 nitrogen and oxygen atoms in total. The molecule has 1 aliphatic rings. The van der Waals surface area contributed by atoms with Crippen LogP contribution in [-0.2, 0) is 6.54 Å². The summed E-state index contributed by atoms with van der Waals surface area (Å²) in [6.07, 6.45) is 3.59. The Labute approximate surface area is 179 Å². The summed E-state index contributed by atoms with van der Waals surface area (Å²) in [5.74, 6) is 0.900. The Hall–Kier alpha value is -3.26. The zero-order valence-electron chi connectivity index (χ0n) is 16.5. The van der Waals surface area contributed by atoms with Crippen LogP contribution >= 0.6 is 11.6 Å². The molecule has 1 aromatic carbocycles. The highest BCUT2D eigenvalue weighted by Gasteiger charge is 2.26. The van der Waals surface area contributed by atoms with Gasteiger partial charge in [-0.1, -0.05) is 11.6 Å². The van der Waals surface area contributed by atoms with Crippen LogP contribution in [0, 0.1) is 6.92 Å². The Morgan fingerprint density at radius 3 is 2.43 bits per heavy atom. The van der Waals surface area contributed by atoms with Gasteiger partial charge in [0.1, 0.15) is 5.76 Å². The number of carbonyl (C=O) groups is 2. The minimum Gasteiger partial charge on any atom is -0.456 e. The fourth-order valence-corrected chi connectivity index (χ4v) is 3.42. The van der Waals surface area contributed by atoms with Crippen molar-refractivity contribution in [1.82, 2.24) is 24.9 Å². The Morgan fingerprint density at radius 1 is 1.07 bits per heavy atom. The van der Waals surface area contributed by atoms with Crippen molar-refractivity contribution in [2.24, 2.45) is 0 Å². The van der Waals surface area contributed by atoms with E-state index in [1.807, 2.05) is 18.3 Å². The smallest absolute Gasteiger partial charge is 0.317 e. The lowest BCUT2D eigenvalue weighted by molar-refractivity contribution is 0.0632. The van der Waals surface area contributed by atoms with Crippen LogP contribution in [0.25, 0.3) is 5.69 Å². The monoisotopic (exact) mass is 427 g/mol. The van der Waals surface area contributed by atoms with E-state index in [0.717, 1.165) is 11.3 Å². The molecular formula is C21H22ClN5O3. The number of rotatable bonds is 4. The van der Waals surface area contributed by atoms with Crippen LogP contribution in [0.2, 0.25) is 5.02 Å². The molecule has 1 N–H and O–H groups in total. The Kier molecular flexibility index (Phi) is 5.76. The third kappa shape index (κ3) is 4.49. The molecule has 0 saturated carbocycles. The molecule has 156 valence electrons. The van der Waals surface area contributed by atoms with E-state index in [1.54, 1.807) is 51.9 Å². The van der Waals surface area contributed by atoms with Gasteiger partial charge in [0.2, 0.25) is 0 Å². The molecule has 0 spiro atoms. The van der Waals surface area contributed by atoms with Crippen molar-refractivity contribution in [3.8, 4) is 5.69 Å². The second-order valence-corrected chi connectivity index (χ2v) is 7.55. The molecule has 0 bridgehead atoms. The summed E-state index contributed by atoms with van der Waals surface area (Å²) in [6, 6.07) is 10.7. The third-order valence-electron chi connectivity index (χ3n) is 4.98. The van der Waals surface area contributed by atoms with Gasteiger partial charge in [0.05, 0.1) is 11.9 Å². The summed E-state index contributed by atoms with van der Waals surface area (Å²) in [7, 11) is 0. The van der Waals surface area contributed by atoms with Crippen molar-refractivity contribution >= 4 is 23.5 Å². The van der Waals surface area contributed by atoms with E-state index in [9.17, 15) is 9.59 Å². The first kappa shape index (κ1) is 20.0. The van der Waals surface area contributed by atoms with E-state index >= 15 is 0 Å². The van der Waals surface area contributed by atoms with E-state index in [-0.39, 0.29) is 11.9 Å². The van der Waals surface area contributed by atoms with Crippen molar-refractivity contribution < 1.29 is 14.0 Å². The largest absolute Gasteiger partial charge is 0.456 e. The first-order valence-electron chi connectivity index (χ1n) is 9.67. The average Bonchev–Trinajstić information content (AvgIpc) is 3.41. The number of amides is 3. The van der Waals surface area contributed by atoms with Gasteiger partial charge in [-0.3, -0.25) is 4.79 Å². The van der Waals surface area contributed by atoms with E-state index in [4.69, 9.17) is 16.0 Å². The summed E-state index contributed by atoms with van der Waals surface area (Å²) < 4.78 is 7.14. The van der Waals surface area contributed by atoms with Gasteiger partial charge in [0.25, 0.3) is 5.91 Å². The number of nitrogens with zero attached hydrogens (tertiary/aromatic N) is 4. The zero-order valence-corrected chi connectivity index (χ0v) is 17.3.